The quantitative estimate of drug-likeness (QED) is 0.848. The van der Waals surface area contributed by atoms with Crippen LogP contribution in [0.3, 0.4) is 0 Å². The van der Waals surface area contributed by atoms with Crippen LogP contribution in [0, 0.1) is 5.82 Å². The second-order valence-corrected chi connectivity index (χ2v) is 4.48. The summed E-state index contributed by atoms with van der Waals surface area (Å²) in [5.74, 6) is -1.59. The first-order chi connectivity index (χ1) is 8.16. The highest BCUT2D eigenvalue weighted by molar-refractivity contribution is 5.88. The van der Waals surface area contributed by atoms with Gasteiger partial charge in [-0.05, 0) is 31.0 Å². The molecule has 0 heterocycles. The van der Waals surface area contributed by atoms with Crippen LogP contribution >= 0.6 is 0 Å². The number of carboxylic acids is 1. The van der Waals surface area contributed by atoms with Gasteiger partial charge in [-0.1, -0.05) is 19.3 Å². The van der Waals surface area contributed by atoms with Gasteiger partial charge in [-0.15, -0.1) is 0 Å². The molecule has 0 aromatic heterocycles. The van der Waals surface area contributed by atoms with Gasteiger partial charge in [-0.3, -0.25) is 0 Å². The van der Waals surface area contributed by atoms with E-state index in [0.717, 1.165) is 18.9 Å². The van der Waals surface area contributed by atoms with Gasteiger partial charge >= 0.3 is 5.97 Å². The molecule has 1 aliphatic rings. The summed E-state index contributed by atoms with van der Waals surface area (Å²) in [4.78, 5) is 10.7. The van der Waals surface area contributed by atoms with Gasteiger partial charge in [0.15, 0.2) is 0 Å². The van der Waals surface area contributed by atoms with Gasteiger partial charge in [0, 0.05) is 6.04 Å². The zero-order valence-corrected chi connectivity index (χ0v) is 9.58. The van der Waals surface area contributed by atoms with E-state index in [2.05, 4.69) is 5.32 Å². The molecule has 1 aliphatic carbocycles. The zero-order valence-electron chi connectivity index (χ0n) is 9.58. The minimum atomic E-state index is -1.10. The Morgan fingerprint density at radius 2 is 2.00 bits per heavy atom. The lowest BCUT2D eigenvalue weighted by Gasteiger charge is -2.24. The van der Waals surface area contributed by atoms with E-state index in [0.29, 0.717) is 11.7 Å². The van der Waals surface area contributed by atoms with Crippen LogP contribution in [0.25, 0.3) is 0 Å². The minimum Gasteiger partial charge on any atom is -0.478 e. The number of carbonyl (C=O) groups is 1. The van der Waals surface area contributed by atoms with Gasteiger partial charge < -0.3 is 10.4 Å². The largest absolute Gasteiger partial charge is 0.478 e. The van der Waals surface area contributed by atoms with Gasteiger partial charge in [0.2, 0.25) is 0 Å². The zero-order chi connectivity index (χ0) is 12.3. The summed E-state index contributed by atoms with van der Waals surface area (Å²) in [7, 11) is 0. The van der Waals surface area contributed by atoms with E-state index in [1.165, 1.54) is 31.4 Å². The first-order valence-corrected chi connectivity index (χ1v) is 5.96. The lowest BCUT2D eigenvalue weighted by atomic mass is 9.95. The van der Waals surface area contributed by atoms with Crippen LogP contribution in [0.5, 0.6) is 0 Å². The van der Waals surface area contributed by atoms with Crippen molar-refractivity contribution in [2.75, 3.05) is 5.32 Å². The van der Waals surface area contributed by atoms with Crippen molar-refractivity contribution in [3.05, 3.63) is 29.6 Å². The molecule has 2 rings (SSSR count). The first kappa shape index (κ1) is 11.9. The van der Waals surface area contributed by atoms with Crippen LogP contribution in [0.4, 0.5) is 10.1 Å². The fourth-order valence-corrected chi connectivity index (χ4v) is 2.23. The Morgan fingerprint density at radius 1 is 1.29 bits per heavy atom. The molecule has 17 heavy (non-hydrogen) atoms. The molecule has 1 fully saturated rings. The molecule has 0 amide bonds. The Bertz CT molecular complexity index is 414. The molecule has 0 atom stereocenters. The van der Waals surface area contributed by atoms with Gasteiger partial charge in [0.25, 0.3) is 0 Å². The molecule has 2 N–H and O–H groups in total. The van der Waals surface area contributed by atoms with Crippen LogP contribution < -0.4 is 5.32 Å². The third-order valence-corrected chi connectivity index (χ3v) is 3.18. The highest BCUT2D eigenvalue weighted by atomic mass is 19.1. The minimum absolute atomic E-state index is 0.0169. The highest BCUT2D eigenvalue weighted by Gasteiger charge is 2.15. The monoisotopic (exact) mass is 237 g/mol. The molecule has 0 radical (unpaired) electrons. The van der Waals surface area contributed by atoms with Crippen molar-refractivity contribution in [2.45, 2.75) is 38.1 Å². The number of hydrogen-bond acceptors (Lipinski definition) is 2. The van der Waals surface area contributed by atoms with E-state index in [-0.39, 0.29) is 5.56 Å². The molecular formula is C13H16FNO2. The summed E-state index contributed by atoms with van der Waals surface area (Å²) in [6.45, 7) is 0. The fourth-order valence-electron chi connectivity index (χ4n) is 2.23. The summed E-state index contributed by atoms with van der Waals surface area (Å²) >= 11 is 0. The summed E-state index contributed by atoms with van der Waals surface area (Å²) in [6, 6.07) is 4.31. The SMILES string of the molecule is O=C(O)c1ccc(NC2CCCCC2)c(F)c1. The number of halogens is 1. The van der Waals surface area contributed by atoms with Gasteiger partial charge in [0.1, 0.15) is 5.82 Å². The molecule has 3 nitrogen and oxygen atoms in total. The van der Waals surface area contributed by atoms with E-state index >= 15 is 0 Å². The van der Waals surface area contributed by atoms with Crippen molar-refractivity contribution >= 4 is 11.7 Å². The predicted octanol–water partition coefficient (Wildman–Crippen LogP) is 3.27. The third-order valence-electron chi connectivity index (χ3n) is 3.18. The fraction of sp³-hybridized carbons (Fsp3) is 0.462. The van der Waals surface area contributed by atoms with E-state index in [4.69, 9.17) is 5.11 Å². The maximum Gasteiger partial charge on any atom is 0.335 e. The second-order valence-electron chi connectivity index (χ2n) is 4.48. The Hall–Kier alpha value is -1.58. The van der Waals surface area contributed by atoms with Gasteiger partial charge in [-0.25, -0.2) is 9.18 Å². The standard InChI is InChI=1S/C13H16FNO2/c14-11-8-9(13(16)17)6-7-12(11)15-10-4-2-1-3-5-10/h6-8,10,15H,1-5H2,(H,16,17). The molecule has 92 valence electrons. The highest BCUT2D eigenvalue weighted by Crippen LogP contribution is 2.23. The van der Waals surface area contributed by atoms with Crippen LogP contribution in [-0.4, -0.2) is 17.1 Å². The van der Waals surface area contributed by atoms with Crippen molar-refractivity contribution in [3.8, 4) is 0 Å². The average Bonchev–Trinajstić information content (AvgIpc) is 2.33. The van der Waals surface area contributed by atoms with Crippen LogP contribution in [0.1, 0.15) is 42.5 Å². The van der Waals surface area contributed by atoms with E-state index in [9.17, 15) is 9.18 Å². The van der Waals surface area contributed by atoms with Crippen LogP contribution in [0.15, 0.2) is 18.2 Å². The second kappa shape index (κ2) is 5.17. The maximum atomic E-state index is 13.6. The molecule has 4 heteroatoms. The van der Waals surface area contributed by atoms with Gasteiger partial charge in [-0.2, -0.15) is 0 Å². The number of aromatic carboxylic acids is 1. The van der Waals surface area contributed by atoms with Crippen molar-refractivity contribution in [3.63, 3.8) is 0 Å². The normalized spacial score (nSPS) is 16.8. The predicted molar refractivity (Wildman–Crippen MR) is 63.9 cm³/mol. The first-order valence-electron chi connectivity index (χ1n) is 5.96. The summed E-state index contributed by atoms with van der Waals surface area (Å²) in [5, 5.41) is 11.9. The third kappa shape index (κ3) is 2.96. The summed E-state index contributed by atoms with van der Waals surface area (Å²) in [5.41, 5.74) is 0.388. The Kier molecular flexibility index (Phi) is 3.61. The molecule has 0 bridgehead atoms. The molecule has 1 aromatic rings. The van der Waals surface area contributed by atoms with Crippen molar-refractivity contribution in [1.29, 1.82) is 0 Å². The number of anilines is 1. The van der Waals surface area contributed by atoms with Gasteiger partial charge in [0.05, 0.1) is 11.3 Å². The van der Waals surface area contributed by atoms with Crippen LogP contribution in [0.2, 0.25) is 0 Å². The molecule has 1 saturated carbocycles. The smallest absolute Gasteiger partial charge is 0.335 e. The number of nitrogens with one attached hydrogen (secondary N) is 1. The number of rotatable bonds is 3. The Balaban J connectivity index is 2.08. The van der Waals surface area contributed by atoms with Crippen molar-refractivity contribution in [2.24, 2.45) is 0 Å². The molecular weight excluding hydrogens is 221 g/mol. The van der Waals surface area contributed by atoms with E-state index < -0.39 is 11.8 Å². The molecule has 0 saturated heterocycles. The maximum absolute atomic E-state index is 13.6. The Morgan fingerprint density at radius 3 is 2.59 bits per heavy atom. The number of hydrogen-bond donors (Lipinski definition) is 2. The summed E-state index contributed by atoms with van der Waals surface area (Å²) < 4.78 is 13.6. The van der Waals surface area contributed by atoms with Crippen LogP contribution in [-0.2, 0) is 0 Å². The Labute approximate surface area is 99.7 Å². The molecule has 0 unspecified atom stereocenters. The van der Waals surface area contributed by atoms with E-state index in [1.807, 2.05) is 0 Å². The van der Waals surface area contributed by atoms with Crippen molar-refractivity contribution in [1.82, 2.24) is 0 Å². The average molecular weight is 237 g/mol. The van der Waals surface area contributed by atoms with Crippen molar-refractivity contribution < 1.29 is 14.3 Å². The lowest BCUT2D eigenvalue weighted by molar-refractivity contribution is 0.0696. The molecule has 0 aliphatic heterocycles. The lowest BCUT2D eigenvalue weighted by Crippen LogP contribution is -2.22. The van der Waals surface area contributed by atoms with E-state index in [1.54, 1.807) is 0 Å². The molecule has 0 spiro atoms. The number of benzene rings is 1. The summed E-state index contributed by atoms with van der Waals surface area (Å²) in [6.07, 6.45) is 5.71. The number of carboxylic acid groups (broad SMARTS) is 1. The molecule has 1 aromatic carbocycles. The topological polar surface area (TPSA) is 49.3 Å².